The molecule has 0 spiro atoms. The number of hydrogen-bond donors (Lipinski definition) is 0. The summed E-state index contributed by atoms with van der Waals surface area (Å²) in [6, 6.07) is 0. The van der Waals surface area contributed by atoms with Crippen molar-refractivity contribution in [2.75, 3.05) is 6.61 Å². The zero-order valence-corrected chi connectivity index (χ0v) is 15.9. The topological polar surface area (TPSA) is 9.23 Å². The second-order valence-electron chi connectivity index (χ2n) is 3.54. The van der Waals surface area contributed by atoms with Gasteiger partial charge in [0.05, 0.1) is 0 Å². The number of ether oxygens (including phenoxy) is 1. The van der Waals surface area contributed by atoms with Gasteiger partial charge >= 0.3 is 110 Å². The molecule has 0 radical (unpaired) electrons. The molecule has 0 saturated carbocycles. The van der Waals surface area contributed by atoms with Crippen LogP contribution in [-0.4, -0.2) is 19.9 Å². The van der Waals surface area contributed by atoms with Crippen LogP contribution in [0.2, 0.25) is 17.3 Å². The molecule has 78 valence electrons. The quantitative estimate of drug-likeness (QED) is 0.305. The van der Waals surface area contributed by atoms with E-state index in [0.29, 0.717) is 6.61 Å². The summed E-state index contributed by atoms with van der Waals surface area (Å²) < 4.78 is 7.85. The zero-order valence-electron chi connectivity index (χ0n) is 8.20. The molecule has 0 amide bonds. The minimum absolute atomic E-state index is 0.387. The van der Waals surface area contributed by atoms with Gasteiger partial charge in [-0.2, -0.15) is 0 Å². The van der Waals surface area contributed by atoms with Crippen molar-refractivity contribution >= 4 is 65.5 Å². The predicted molar refractivity (Wildman–Crippen MR) is 75.7 cm³/mol. The van der Waals surface area contributed by atoms with E-state index in [1.54, 1.807) is 0 Å². The Labute approximate surface area is 109 Å². The Kier molecular flexibility index (Phi) is 7.50. The molecule has 0 aliphatic heterocycles. The van der Waals surface area contributed by atoms with Crippen molar-refractivity contribution in [1.82, 2.24) is 0 Å². The number of hydrogen-bond acceptors (Lipinski definition) is 1. The first-order chi connectivity index (χ1) is 5.80. The van der Waals surface area contributed by atoms with E-state index < -0.39 is 13.3 Å². The van der Waals surface area contributed by atoms with E-state index in [1.807, 2.05) is 6.92 Å². The fraction of sp³-hybridized carbons (Fsp3) is 0.714. The summed E-state index contributed by atoms with van der Waals surface area (Å²) in [7, 11) is 0. The van der Waals surface area contributed by atoms with Gasteiger partial charge in [0.25, 0.3) is 0 Å². The second-order valence-corrected chi connectivity index (χ2v) is 23.7. The molecule has 0 N–H and O–H groups in total. The molecule has 0 rings (SSSR count). The van der Waals surface area contributed by atoms with Crippen LogP contribution in [0.5, 0.6) is 0 Å². The summed E-state index contributed by atoms with van der Waals surface area (Å²) in [6.07, 6.45) is 0. The molecule has 0 bridgehead atoms. The van der Waals surface area contributed by atoms with Crippen LogP contribution in [0.15, 0.2) is 8.82 Å². The zero-order chi connectivity index (χ0) is 10.6. The van der Waals surface area contributed by atoms with Crippen LogP contribution in [0.1, 0.15) is 6.92 Å². The Morgan fingerprint density at radius 3 is 2.00 bits per heavy atom. The van der Waals surface area contributed by atoms with Crippen molar-refractivity contribution in [2.24, 2.45) is 0 Å². The van der Waals surface area contributed by atoms with Crippen LogP contribution >= 0.6 is 52.2 Å². The fourth-order valence-corrected chi connectivity index (χ4v) is 28.9. The molecule has 0 saturated heterocycles. The molecule has 13 heavy (non-hydrogen) atoms. The summed E-state index contributed by atoms with van der Waals surface area (Å²) in [5, 5.41) is -0.387. The minimum atomic E-state index is -1.80. The first-order valence-corrected chi connectivity index (χ1v) is 17.5. The molecule has 0 heterocycles. The van der Waals surface area contributed by atoms with Crippen LogP contribution in [0.3, 0.4) is 0 Å². The standard InChI is InChI=1S/C7H14Br3GeOP/c1-5-12-6(8)7(13(9)10)11(2,3)4/h5H2,1-4H3/b7-6-. The molecule has 0 aromatic carbocycles. The van der Waals surface area contributed by atoms with Gasteiger partial charge in [0.1, 0.15) is 0 Å². The van der Waals surface area contributed by atoms with Gasteiger partial charge in [0.2, 0.25) is 0 Å². The maximum absolute atomic E-state index is 5.49. The van der Waals surface area contributed by atoms with Gasteiger partial charge in [0.15, 0.2) is 0 Å². The average molecular weight is 457 g/mol. The summed E-state index contributed by atoms with van der Waals surface area (Å²) in [4.78, 5) is 0. The van der Waals surface area contributed by atoms with Crippen LogP contribution in [0.25, 0.3) is 0 Å². The second kappa shape index (κ2) is 6.52. The molecule has 0 aromatic heterocycles. The van der Waals surface area contributed by atoms with E-state index >= 15 is 0 Å². The van der Waals surface area contributed by atoms with Gasteiger partial charge in [-0.3, -0.25) is 0 Å². The summed E-state index contributed by atoms with van der Waals surface area (Å²) >= 11 is 8.92. The van der Waals surface area contributed by atoms with E-state index in [4.69, 9.17) is 4.74 Å². The van der Waals surface area contributed by atoms with E-state index in [-0.39, 0.29) is 5.33 Å². The Bertz CT molecular complexity index is 200. The molecule has 0 atom stereocenters. The Hall–Kier alpha value is 1.95. The Balaban J connectivity index is 4.89. The van der Waals surface area contributed by atoms with Crippen molar-refractivity contribution < 1.29 is 4.74 Å². The molecular weight excluding hydrogens is 443 g/mol. The third-order valence-electron chi connectivity index (χ3n) is 1.34. The Morgan fingerprint density at radius 1 is 1.31 bits per heavy atom. The van der Waals surface area contributed by atoms with Gasteiger partial charge in [-0.15, -0.1) is 0 Å². The van der Waals surface area contributed by atoms with Gasteiger partial charge in [-0.05, 0) is 0 Å². The molecule has 0 aromatic rings. The molecule has 0 unspecified atom stereocenters. The molecule has 6 heteroatoms. The van der Waals surface area contributed by atoms with E-state index in [2.05, 4.69) is 64.2 Å². The monoisotopic (exact) mass is 456 g/mol. The number of rotatable bonds is 4. The van der Waals surface area contributed by atoms with Gasteiger partial charge in [0, 0.05) is 0 Å². The van der Waals surface area contributed by atoms with E-state index in [9.17, 15) is 0 Å². The summed E-state index contributed by atoms with van der Waals surface area (Å²) in [5.74, 6) is 7.06. The van der Waals surface area contributed by atoms with Crippen LogP contribution < -0.4 is 0 Å². The summed E-state index contributed by atoms with van der Waals surface area (Å²) in [6.45, 7) is 2.71. The first kappa shape index (κ1) is 15.0. The first-order valence-electron chi connectivity index (χ1n) is 3.95. The van der Waals surface area contributed by atoms with Crippen LogP contribution in [0.4, 0.5) is 0 Å². The molecule has 0 aliphatic rings. The van der Waals surface area contributed by atoms with Gasteiger partial charge in [-0.25, -0.2) is 0 Å². The van der Waals surface area contributed by atoms with Crippen molar-refractivity contribution in [3.63, 3.8) is 0 Å². The fourth-order valence-electron chi connectivity index (χ4n) is 0.810. The Morgan fingerprint density at radius 2 is 1.77 bits per heavy atom. The predicted octanol–water partition coefficient (Wildman–Crippen LogP) is 5.57. The third kappa shape index (κ3) is 5.55. The van der Waals surface area contributed by atoms with Crippen molar-refractivity contribution in [3.05, 3.63) is 8.82 Å². The van der Waals surface area contributed by atoms with Gasteiger partial charge in [-0.1, -0.05) is 0 Å². The SMILES string of the molecule is CCO/C(Br)=[C](\P(Br)Br)[Ge]([CH3])([CH3])[CH3]. The third-order valence-corrected chi connectivity index (χ3v) is 18.2. The molecule has 0 fully saturated rings. The molecule has 1 nitrogen and oxygen atoms in total. The van der Waals surface area contributed by atoms with Crippen molar-refractivity contribution in [3.8, 4) is 0 Å². The molecular formula is C7H14Br3GeOP. The normalized spacial score (nSPS) is 14.5. The van der Waals surface area contributed by atoms with Crippen LogP contribution in [0, 0.1) is 0 Å². The maximum atomic E-state index is 5.49. The number of halogens is 3. The van der Waals surface area contributed by atoms with Crippen LogP contribution in [-0.2, 0) is 4.74 Å². The van der Waals surface area contributed by atoms with E-state index in [0.717, 1.165) is 4.67 Å². The average Bonchev–Trinajstić information content (AvgIpc) is 1.82. The van der Waals surface area contributed by atoms with E-state index in [1.165, 1.54) is 4.15 Å². The summed E-state index contributed by atoms with van der Waals surface area (Å²) in [5.41, 5.74) is 0. The molecule has 0 aliphatic carbocycles. The van der Waals surface area contributed by atoms with Gasteiger partial charge < -0.3 is 0 Å². The van der Waals surface area contributed by atoms with Crippen molar-refractivity contribution in [1.29, 1.82) is 0 Å². The van der Waals surface area contributed by atoms with Crippen molar-refractivity contribution in [2.45, 2.75) is 24.2 Å².